The molecule has 0 aliphatic carbocycles. The molecule has 87 heavy (non-hydrogen) atoms. The van der Waals surface area contributed by atoms with Gasteiger partial charge in [0.25, 0.3) is 5.91 Å². The molecule has 33 heteroatoms. The number of carbonyl (C=O) groups excluding carboxylic acids is 5. The van der Waals surface area contributed by atoms with Gasteiger partial charge in [0, 0.05) is 26.0 Å². The molecule has 8 atom stereocenters. The molecule has 2 heterocycles. The molecule has 468 valence electrons. The van der Waals surface area contributed by atoms with Gasteiger partial charge in [-0.1, -0.05) is 0 Å². The molecular weight excluding hydrogens is 1640 g/mol. The number of carboxylic acids is 3. The first-order chi connectivity index (χ1) is 39.7. The van der Waals surface area contributed by atoms with Crippen molar-refractivity contribution in [3.63, 3.8) is 0 Å². The number of carbonyl (C=O) groups is 7. The van der Waals surface area contributed by atoms with Crippen LogP contribution in [0, 0.1) is 14.3 Å². The van der Waals surface area contributed by atoms with Crippen molar-refractivity contribution in [1.82, 2.24) is 5.32 Å². The number of aliphatic imine (C=N–C) groups is 2. The van der Waals surface area contributed by atoms with Crippen LogP contribution in [0.1, 0.15) is 69.9 Å². The molecule has 0 saturated carbocycles. The molecule has 7 rings (SSSR count). The summed E-state index contributed by atoms with van der Waals surface area (Å²) >= 11 is 8.14. The summed E-state index contributed by atoms with van der Waals surface area (Å²) in [5.74, 6) is -6.20. The maximum absolute atomic E-state index is 11.9. The summed E-state index contributed by atoms with van der Waals surface area (Å²) in [6.07, 6.45) is -2.94. The summed E-state index contributed by atoms with van der Waals surface area (Å²) in [4.78, 5) is 84.8. The van der Waals surface area contributed by atoms with Crippen molar-refractivity contribution in [2.45, 2.75) is 76.3 Å². The standard InChI is InChI=1S/C12H14INO5.C12H12INO4.C11H10INO4.C7H5IO3.C7H7NO3.C5H11NO3.ClH.Na/c1-6(15)10(12(18)19-2)14-11(17)8-4-3-7(13)5-9(8)16;1-6-10(12(16)17-2)14-11(18-6)8-4-3-7(13)5-9(8)15;1-5-9(11(15)16)13-10(17-5)7-3-2-6(12)4-8(7)14;2*8-4-1-2-5(7(10)11)6(9)3-4;1-3(7)4(6)5(8)9-2;;/h3-6,10,15-16H,1-2H3,(H,14,17);3-6,10,15H,1-2H3;2-5,9,14H,1H3,(H,15,16);1-3,9H,(H,10,11);1-3,9H,8H2,(H,10,11);3-4,7H,6H2,1-2H3;1H;/q;;;;;;;+1/p-1/t6-,10+;6-,10-;5-,9+;;;;;/m100...../s1. The minimum absolute atomic E-state index is 0. The number of nitrogens with one attached hydrogen (secondary N) is 1. The average Bonchev–Trinajstić information content (AvgIpc) is 2.37. The van der Waals surface area contributed by atoms with E-state index in [1.807, 2.05) is 51.2 Å². The number of hydrogen-bond acceptors (Lipinski definition) is 24. The molecule has 0 fully saturated rings. The van der Waals surface area contributed by atoms with Crippen molar-refractivity contribution in [3.05, 3.63) is 133 Å². The zero-order valence-corrected chi connectivity index (χ0v) is 58.5. The number of aliphatic carboxylic acids is 1. The van der Waals surface area contributed by atoms with Gasteiger partial charge in [-0.3, -0.25) is 9.59 Å². The number of aromatic carboxylic acids is 2. The summed E-state index contributed by atoms with van der Waals surface area (Å²) < 4.78 is 27.5. The Hall–Kier alpha value is -5.78. The predicted molar refractivity (Wildman–Crippen MR) is 342 cm³/mol. The Morgan fingerprint density at radius 2 is 0.943 bits per heavy atom. The minimum Gasteiger partial charge on any atom is -0.548 e. The zero-order valence-electron chi connectivity index (χ0n) is 47.1. The molecule has 5 aromatic rings. The number of benzene rings is 5. The van der Waals surface area contributed by atoms with Crippen LogP contribution in [0.2, 0.25) is 0 Å². The third-order valence-corrected chi connectivity index (χ3v) is 13.6. The van der Waals surface area contributed by atoms with E-state index in [0.29, 0.717) is 16.8 Å². The van der Waals surface area contributed by atoms with Gasteiger partial charge in [0.15, 0.2) is 12.1 Å². The SMILES string of the molecule is COC(=O)C(N)C(C)O.COC(=O)[C@@H](NC(=O)c1ccc(I)cc1O)[C@@H](C)O.COC(=O)[C@H]1N=C(c2ccc(I)cc2O)O[C@H]1C.C[C@@H]1OC(c2ccc(I)cc2O)=N[C@H]1C(=O)[O-].Cl.Nc1ccc(C(=O)O)c(O)c1.O=C(O)c1ccc(I)cc1O.[Na+]. The Morgan fingerprint density at radius 3 is 1.26 bits per heavy atom. The molecule has 1 amide bonds. The summed E-state index contributed by atoms with van der Waals surface area (Å²) in [5, 5.41) is 95.5. The third kappa shape index (κ3) is 26.1. The van der Waals surface area contributed by atoms with E-state index in [-0.39, 0.29) is 99.2 Å². The Balaban J connectivity index is 0.00000104. The molecule has 0 aromatic heterocycles. The molecule has 2 unspecified atom stereocenters. The number of anilines is 1. The fraction of sp³-hybridized carbons (Fsp3) is 0.278. The largest absolute Gasteiger partial charge is 1.00 e. The van der Waals surface area contributed by atoms with Gasteiger partial charge in [0.05, 0.1) is 56.2 Å². The normalized spacial score (nSPS) is 16.2. The first-order valence-corrected chi connectivity index (χ1v) is 28.4. The van der Waals surface area contributed by atoms with Crippen molar-refractivity contribution in [2.24, 2.45) is 15.7 Å². The second kappa shape index (κ2) is 39.3. The number of rotatable bonds is 12. The maximum atomic E-state index is 11.9. The molecule has 2 aliphatic rings. The van der Waals surface area contributed by atoms with Gasteiger partial charge in [0.1, 0.15) is 64.2 Å². The first kappa shape index (κ1) is 81.2. The van der Waals surface area contributed by atoms with E-state index < -0.39 is 90.3 Å². The number of ether oxygens (including phenoxy) is 5. The number of aliphatic hydroxyl groups is 2. The minimum atomic E-state index is -1.28. The van der Waals surface area contributed by atoms with Gasteiger partial charge < -0.3 is 96.3 Å². The summed E-state index contributed by atoms with van der Waals surface area (Å²) in [5.41, 5.74) is 11.5. The van der Waals surface area contributed by atoms with Crippen molar-refractivity contribution in [3.8, 4) is 28.7 Å². The van der Waals surface area contributed by atoms with Gasteiger partial charge in [0.2, 0.25) is 11.8 Å². The monoisotopic (exact) mass is 1690 g/mol. The number of phenols is 5. The first-order valence-electron chi connectivity index (χ1n) is 24.0. The number of nitrogens with zero attached hydrogens (tertiary/aromatic N) is 2. The fourth-order valence-electron chi connectivity index (χ4n) is 6.42. The van der Waals surface area contributed by atoms with Gasteiger partial charge in [-0.2, -0.15) is 0 Å². The topological polar surface area (TPSA) is 460 Å². The molecule has 5 aromatic carbocycles. The third-order valence-electron chi connectivity index (χ3n) is 10.9. The average molecular weight is 1700 g/mol. The number of nitrogen functional groups attached to an aromatic ring is 1. The van der Waals surface area contributed by atoms with Crippen LogP contribution >= 0.6 is 103 Å². The van der Waals surface area contributed by atoms with Crippen molar-refractivity contribution in [1.29, 1.82) is 0 Å². The summed E-state index contributed by atoms with van der Waals surface area (Å²) in [6, 6.07) is 19.1. The molecule has 0 saturated heterocycles. The van der Waals surface area contributed by atoms with Crippen LogP contribution in [0.15, 0.2) is 101 Å². The van der Waals surface area contributed by atoms with Crippen LogP contribution in [0.4, 0.5) is 5.69 Å². The van der Waals surface area contributed by atoms with E-state index in [9.17, 15) is 59.1 Å². The molecular formula is C54H59ClI4N5NaO22. The second-order valence-corrected chi connectivity index (χ2v) is 22.3. The van der Waals surface area contributed by atoms with Crippen molar-refractivity contribution >= 4 is 162 Å². The van der Waals surface area contributed by atoms with Crippen LogP contribution in [-0.4, -0.2) is 169 Å². The number of hydrogen-bond donors (Lipinski definition) is 12. The smallest absolute Gasteiger partial charge is 0.548 e. The fourth-order valence-corrected chi connectivity index (χ4v) is 8.32. The quantitative estimate of drug-likeness (QED) is 0.0275. The number of carboxylic acid groups (broad SMARTS) is 3. The molecule has 14 N–H and O–H groups in total. The van der Waals surface area contributed by atoms with Crippen LogP contribution in [0.3, 0.4) is 0 Å². The molecule has 0 bridgehead atoms. The number of amides is 1. The van der Waals surface area contributed by atoms with Crippen LogP contribution in [-0.2, 0) is 42.9 Å². The van der Waals surface area contributed by atoms with E-state index in [2.05, 4.69) is 74.7 Å². The van der Waals surface area contributed by atoms with E-state index in [4.69, 9.17) is 46.5 Å². The van der Waals surface area contributed by atoms with E-state index >= 15 is 0 Å². The number of aliphatic hydroxyl groups excluding tert-OH is 2. The second-order valence-electron chi connectivity index (χ2n) is 17.3. The van der Waals surface area contributed by atoms with Gasteiger partial charge in [-0.05, 0) is 203 Å². The number of phenolic OH excluding ortho intramolecular Hbond substituents is 3. The van der Waals surface area contributed by atoms with Crippen molar-refractivity contribution < 1.29 is 138 Å². The summed E-state index contributed by atoms with van der Waals surface area (Å²) in [7, 11) is 3.70. The van der Waals surface area contributed by atoms with Gasteiger partial charge >= 0.3 is 59.4 Å². The molecule has 27 nitrogen and oxygen atoms in total. The van der Waals surface area contributed by atoms with E-state index in [1.165, 1.54) is 70.5 Å². The van der Waals surface area contributed by atoms with Crippen LogP contribution < -0.4 is 51.4 Å². The number of esters is 3. The Morgan fingerprint density at radius 1 is 0.575 bits per heavy atom. The molecule has 2 aliphatic heterocycles. The predicted octanol–water partition coefficient (Wildman–Crippen LogP) is 1.29. The van der Waals surface area contributed by atoms with Crippen LogP contribution in [0.25, 0.3) is 0 Å². The number of aromatic hydroxyl groups is 5. The van der Waals surface area contributed by atoms with Crippen LogP contribution in [0.5, 0.6) is 28.7 Å². The van der Waals surface area contributed by atoms with Gasteiger partial charge in [-0.25, -0.2) is 29.2 Å². The number of halogens is 5. The van der Waals surface area contributed by atoms with E-state index in [1.54, 1.807) is 56.3 Å². The Bertz CT molecular complexity index is 3210. The van der Waals surface area contributed by atoms with Gasteiger partial charge in [-0.15, -0.1) is 12.4 Å². The molecule has 0 spiro atoms. The summed E-state index contributed by atoms with van der Waals surface area (Å²) in [6.45, 7) is 6.12. The zero-order chi connectivity index (χ0) is 64.7. The van der Waals surface area contributed by atoms with E-state index in [0.717, 1.165) is 21.4 Å². The number of methoxy groups -OCH3 is 3. The number of nitrogens with two attached hydrogens (primary N) is 2. The Labute approximate surface area is 580 Å². The van der Waals surface area contributed by atoms with Crippen molar-refractivity contribution in [2.75, 3.05) is 27.1 Å². The molecule has 0 radical (unpaired) electrons. The Kier molecular flexibility index (Phi) is 36.7. The maximum Gasteiger partial charge on any atom is 1.00 e.